The summed E-state index contributed by atoms with van der Waals surface area (Å²) in [5, 5.41) is 3.84. The first-order valence-corrected chi connectivity index (χ1v) is 11.7. The quantitative estimate of drug-likeness (QED) is 0.261. The molecule has 7 nitrogen and oxygen atoms in total. The average Bonchev–Trinajstić information content (AvgIpc) is 2.81. The van der Waals surface area contributed by atoms with E-state index < -0.39 is 32.7 Å². The molecular weight excluding hydrogens is 485 g/mol. The van der Waals surface area contributed by atoms with Gasteiger partial charge in [0, 0.05) is 5.56 Å². The molecule has 3 rings (SSSR count). The Kier molecular flexibility index (Phi) is 8.13. The number of hydrazone groups is 1. The molecule has 0 aliphatic rings. The Bertz CT molecular complexity index is 1290. The second kappa shape index (κ2) is 11.0. The van der Waals surface area contributed by atoms with Gasteiger partial charge in [-0.1, -0.05) is 24.3 Å². The van der Waals surface area contributed by atoms with Crippen LogP contribution in [0.5, 0.6) is 11.5 Å². The number of carbonyl (C=O) groups is 1. The fourth-order valence-corrected chi connectivity index (χ4v) is 3.86. The van der Waals surface area contributed by atoms with Crippen LogP contribution in [0.1, 0.15) is 23.6 Å². The molecule has 1 amide bonds. The lowest BCUT2D eigenvalue weighted by Gasteiger charge is -2.11. The largest absolute Gasteiger partial charge is 0.494 e. The van der Waals surface area contributed by atoms with E-state index in [2.05, 4.69) is 10.5 Å². The smallest absolute Gasteiger partial charge is 0.416 e. The first-order valence-electron chi connectivity index (χ1n) is 10.3. The molecule has 0 bridgehead atoms. The minimum absolute atomic E-state index is 0.0597. The monoisotopic (exact) mass is 506 g/mol. The second-order valence-electron chi connectivity index (χ2n) is 7.14. The fraction of sp³-hybridized carbons (Fsp3) is 0.167. The van der Waals surface area contributed by atoms with E-state index in [0.717, 1.165) is 17.7 Å². The van der Waals surface area contributed by atoms with Crippen LogP contribution in [-0.2, 0) is 27.5 Å². The summed E-state index contributed by atoms with van der Waals surface area (Å²) in [6.45, 7) is 2.40. The van der Waals surface area contributed by atoms with Crippen LogP contribution in [0.2, 0.25) is 0 Å². The first kappa shape index (κ1) is 25.8. The third kappa shape index (κ3) is 7.31. The highest BCUT2D eigenvalue weighted by atomic mass is 32.2. The van der Waals surface area contributed by atoms with Gasteiger partial charge in [0.2, 0.25) is 5.91 Å². The van der Waals surface area contributed by atoms with Crippen molar-refractivity contribution in [2.24, 2.45) is 5.10 Å². The van der Waals surface area contributed by atoms with Crippen LogP contribution in [0.15, 0.2) is 82.8 Å². The van der Waals surface area contributed by atoms with Crippen LogP contribution in [-0.4, -0.2) is 27.1 Å². The molecule has 3 aromatic rings. The highest BCUT2D eigenvalue weighted by Gasteiger charge is 2.31. The number of benzene rings is 3. The topological polar surface area (TPSA) is 94.1 Å². The fourth-order valence-electron chi connectivity index (χ4n) is 2.91. The number of nitrogens with zero attached hydrogens (tertiary/aromatic N) is 1. The van der Waals surface area contributed by atoms with Gasteiger partial charge in [-0.25, -0.2) is 5.43 Å². The lowest BCUT2D eigenvalue weighted by Crippen LogP contribution is -2.19. The van der Waals surface area contributed by atoms with Gasteiger partial charge in [-0.15, -0.1) is 0 Å². The summed E-state index contributed by atoms with van der Waals surface area (Å²) in [4.78, 5) is 11.7. The van der Waals surface area contributed by atoms with Crippen molar-refractivity contribution in [2.75, 3.05) is 6.61 Å². The van der Waals surface area contributed by atoms with Gasteiger partial charge >= 0.3 is 16.3 Å². The van der Waals surface area contributed by atoms with Crippen molar-refractivity contribution in [1.29, 1.82) is 0 Å². The van der Waals surface area contributed by atoms with Crippen molar-refractivity contribution in [3.63, 3.8) is 0 Å². The van der Waals surface area contributed by atoms with Crippen molar-refractivity contribution in [3.05, 3.63) is 89.5 Å². The zero-order chi connectivity index (χ0) is 25.5. The lowest BCUT2D eigenvalue weighted by atomic mass is 10.1. The van der Waals surface area contributed by atoms with E-state index in [9.17, 15) is 26.4 Å². The SMILES string of the molecule is CCOc1ccc(CC(=O)N/N=C/c2ccccc2OS(=O)(=O)c2ccc(C(F)(F)F)cc2)cc1. The summed E-state index contributed by atoms with van der Waals surface area (Å²) in [6, 6.07) is 15.9. The van der Waals surface area contributed by atoms with E-state index in [1.165, 1.54) is 24.4 Å². The number of amides is 1. The van der Waals surface area contributed by atoms with Crippen LogP contribution in [0.4, 0.5) is 13.2 Å². The second-order valence-corrected chi connectivity index (χ2v) is 8.69. The molecule has 0 aliphatic heterocycles. The zero-order valence-electron chi connectivity index (χ0n) is 18.5. The highest BCUT2D eigenvalue weighted by Crippen LogP contribution is 2.30. The Morgan fingerprint density at radius 2 is 1.66 bits per heavy atom. The number of nitrogens with one attached hydrogen (secondary N) is 1. The van der Waals surface area contributed by atoms with Crippen LogP contribution in [0.3, 0.4) is 0 Å². The van der Waals surface area contributed by atoms with Crippen LogP contribution in [0.25, 0.3) is 0 Å². The maximum Gasteiger partial charge on any atom is 0.416 e. The Morgan fingerprint density at radius 1 is 1.00 bits per heavy atom. The van der Waals surface area contributed by atoms with Gasteiger partial charge in [0.05, 0.1) is 24.8 Å². The third-order valence-corrected chi connectivity index (χ3v) is 5.83. The van der Waals surface area contributed by atoms with Crippen LogP contribution >= 0.6 is 0 Å². The van der Waals surface area contributed by atoms with Crippen LogP contribution in [0, 0.1) is 0 Å². The molecule has 0 heterocycles. The molecule has 0 aliphatic carbocycles. The Morgan fingerprint density at radius 3 is 2.29 bits per heavy atom. The van der Waals surface area contributed by atoms with Crippen molar-refractivity contribution >= 4 is 22.2 Å². The van der Waals surface area contributed by atoms with E-state index in [1.807, 2.05) is 6.92 Å². The van der Waals surface area contributed by atoms with Crippen molar-refractivity contribution in [3.8, 4) is 11.5 Å². The maximum absolute atomic E-state index is 12.7. The molecule has 0 saturated heterocycles. The van der Waals surface area contributed by atoms with E-state index in [1.54, 1.807) is 30.3 Å². The predicted molar refractivity (Wildman–Crippen MR) is 123 cm³/mol. The molecule has 0 atom stereocenters. The number of para-hydroxylation sites is 1. The summed E-state index contributed by atoms with van der Waals surface area (Å²) in [5.74, 6) is 0.177. The molecule has 3 aromatic carbocycles. The van der Waals surface area contributed by atoms with Crippen molar-refractivity contribution in [1.82, 2.24) is 5.43 Å². The molecule has 0 saturated carbocycles. The zero-order valence-corrected chi connectivity index (χ0v) is 19.3. The summed E-state index contributed by atoms with van der Waals surface area (Å²) in [5.41, 5.74) is 2.34. The number of ether oxygens (including phenoxy) is 1. The summed E-state index contributed by atoms with van der Waals surface area (Å²) in [7, 11) is -4.41. The van der Waals surface area contributed by atoms with Crippen LogP contribution < -0.4 is 14.3 Å². The number of rotatable bonds is 9. The minimum Gasteiger partial charge on any atom is -0.494 e. The molecule has 35 heavy (non-hydrogen) atoms. The molecule has 0 aromatic heterocycles. The van der Waals surface area contributed by atoms with Gasteiger partial charge in [-0.2, -0.15) is 26.7 Å². The molecule has 11 heteroatoms. The summed E-state index contributed by atoms with van der Waals surface area (Å²) < 4.78 is 73.7. The van der Waals surface area contributed by atoms with E-state index in [4.69, 9.17) is 8.92 Å². The number of carbonyl (C=O) groups excluding carboxylic acids is 1. The first-order chi connectivity index (χ1) is 16.6. The van der Waals surface area contributed by atoms with Gasteiger partial charge in [-0.3, -0.25) is 4.79 Å². The van der Waals surface area contributed by atoms with Gasteiger partial charge in [-0.05, 0) is 61.0 Å². The molecule has 0 radical (unpaired) electrons. The standard InChI is InChI=1S/C24H21F3N2O5S/c1-2-33-20-11-7-17(8-12-20)15-23(30)29-28-16-18-5-3-4-6-22(18)34-35(31,32)21-13-9-19(10-14-21)24(25,26)27/h3-14,16H,2,15H2,1H3,(H,29,30)/b28-16+. The minimum atomic E-state index is -4.59. The van der Waals surface area contributed by atoms with Crippen molar-refractivity contribution in [2.45, 2.75) is 24.4 Å². The summed E-state index contributed by atoms with van der Waals surface area (Å²) in [6.07, 6.45) is -3.33. The van der Waals surface area contributed by atoms with Crippen molar-refractivity contribution < 1.29 is 35.3 Å². The predicted octanol–water partition coefficient (Wildman–Crippen LogP) is 4.56. The lowest BCUT2D eigenvalue weighted by molar-refractivity contribution is -0.137. The third-order valence-electron chi connectivity index (χ3n) is 4.58. The average molecular weight is 507 g/mol. The molecule has 0 spiro atoms. The van der Waals surface area contributed by atoms with Gasteiger partial charge in [0.1, 0.15) is 10.6 Å². The summed E-state index contributed by atoms with van der Waals surface area (Å²) >= 11 is 0. The molecule has 0 fully saturated rings. The maximum atomic E-state index is 12.7. The Hall–Kier alpha value is -3.86. The molecule has 0 unspecified atom stereocenters. The van der Waals surface area contributed by atoms with Gasteiger partial charge in [0.25, 0.3) is 0 Å². The molecule has 1 N–H and O–H groups in total. The Balaban J connectivity index is 1.65. The number of halogens is 3. The molecule has 184 valence electrons. The van der Waals surface area contributed by atoms with E-state index in [0.29, 0.717) is 24.5 Å². The highest BCUT2D eigenvalue weighted by molar-refractivity contribution is 7.87. The van der Waals surface area contributed by atoms with Gasteiger partial charge in [0.15, 0.2) is 5.75 Å². The Labute approximate surface area is 200 Å². The normalized spacial score (nSPS) is 11.9. The number of alkyl halides is 3. The van der Waals surface area contributed by atoms with E-state index in [-0.39, 0.29) is 17.7 Å². The van der Waals surface area contributed by atoms with Gasteiger partial charge < -0.3 is 8.92 Å². The van der Waals surface area contributed by atoms with E-state index >= 15 is 0 Å². The molecular formula is C24H21F3N2O5S. The number of hydrogen-bond acceptors (Lipinski definition) is 6. The number of hydrogen-bond donors (Lipinski definition) is 1.